The largest absolute Gasteiger partial charge is 0.497 e. The number of quaternary nitrogens is 1. The predicted molar refractivity (Wildman–Crippen MR) is 116 cm³/mol. The van der Waals surface area contributed by atoms with Gasteiger partial charge >= 0.3 is 0 Å². The van der Waals surface area contributed by atoms with Crippen LogP contribution in [0.4, 0.5) is 5.69 Å². The van der Waals surface area contributed by atoms with Gasteiger partial charge in [0.15, 0.2) is 6.54 Å². The molecule has 1 amide bonds. The highest BCUT2D eigenvalue weighted by atomic mass is 35.5. The van der Waals surface area contributed by atoms with Gasteiger partial charge in [-0.15, -0.1) is 0 Å². The van der Waals surface area contributed by atoms with Crippen LogP contribution in [-0.4, -0.2) is 26.6 Å². The summed E-state index contributed by atoms with van der Waals surface area (Å²) in [6.07, 6.45) is 0. The van der Waals surface area contributed by atoms with Gasteiger partial charge in [0.05, 0.1) is 24.9 Å². The minimum absolute atomic E-state index is 0.0446. The SMILES string of the molecule is COc1ccc2cc(C[NH+](C)CC(=O)Nc3c(C)cc(C)cc3Cl)ccc2c1. The quantitative estimate of drug-likeness (QED) is 0.664. The Balaban J connectivity index is 1.64. The number of halogens is 1. The lowest BCUT2D eigenvalue weighted by Crippen LogP contribution is -3.08. The van der Waals surface area contributed by atoms with Gasteiger partial charge in [0.2, 0.25) is 0 Å². The first-order valence-corrected chi connectivity index (χ1v) is 9.68. The molecule has 0 saturated carbocycles. The Labute approximate surface area is 171 Å². The maximum absolute atomic E-state index is 12.5. The smallest absolute Gasteiger partial charge is 0.279 e. The number of hydrogen-bond acceptors (Lipinski definition) is 2. The fraction of sp³-hybridized carbons (Fsp3) is 0.261. The highest BCUT2D eigenvalue weighted by Gasteiger charge is 2.14. The fourth-order valence-corrected chi connectivity index (χ4v) is 3.82. The highest BCUT2D eigenvalue weighted by molar-refractivity contribution is 6.34. The van der Waals surface area contributed by atoms with Crippen LogP contribution >= 0.6 is 11.6 Å². The van der Waals surface area contributed by atoms with E-state index in [2.05, 4.69) is 29.6 Å². The number of ether oxygens (including phenoxy) is 1. The number of fused-ring (bicyclic) bond motifs is 1. The number of anilines is 1. The standard InChI is InChI=1S/C23H25ClN2O2/c1-15-9-16(2)23(21(24)10-15)25-22(27)14-26(3)13-17-5-6-19-12-20(28-4)8-7-18(19)11-17/h5-12H,13-14H2,1-4H3,(H,25,27)/p+1. The molecule has 0 aliphatic rings. The summed E-state index contributed by atoms with van der Waals surface area (Å²) in [5, 5.41) is 5.84. The van der Waals surface area contributed by atoms with Gasteiger partial charge in [-0.2, -0.15) is 0 Å². The molecule has 3 aromatic rings. The summed E-state index contributed by atoms with van der Waals surface area (Å²) < 4.78 is 5.27. The zero-order chi connectivity index (χ0) is 20.3. The van der Waals surface area contributed by atoms with Crippen LogP contribution in [0.1, 0.15) is 16.7 Å². The number of likely N-dealkylation sites (N-methyl/N-ethyl adjacent to an activating group) is 1. The predicted octanol–water partition coefficient (Wildman–Crippen LogP) is 3.77. The van der Waals surface area contributed by atoms with Crippen molar-refractivity contribution in [2.24, 2.45) is 0 Å². The van der Waals surface area contributed by atoms with Crippen LogP contribution in [0.5, 0.6) is 5.75 Å². The van der Waals surface area contributed by atoms with Gasteiger partial charge in [-0.3, -0.25) is 4.79 Å². The van der Waals surface area contributed by atoms with Crippen LogP contribution in [0.25, 0.3) is 10.8 Å². The van der Waals surface area contributed by atoms with Crippen molar-refractivity contribution in [3.63, 3.8) is 0 Å². The number of methoxy groups -OCH3 is 1. The maximum atomic E-state index is 12.5. The van der Waals surface area contributed by atoms with Crippen LogP contribution in [0.3, 0.4) is 0 Å². The molecule has 0 spiro atoms. The highest BCUT2D eigenvalue weighted by Crippen LogP contribution is 2.27. The van der Waals surface area contributed by atoms with Crippen LogP contribution in [-0.2, 0) is 11.3 Å². The van der Waals surface area contributed by atoms with Gasteiger partial charge in [-0.25, -0.2) is 0 Å². The monoisotopic (exact) mass is 397 g/mol. The molecule has 1 unspecified atom stereocenters. The molecule has 0 aliphatic carbocycles. The van der Waals surface area contributed by atoms with E-state index in [1.807, 2.05) is 45.2 Å². The molecule has 0 aliphatic heterocycles. The van der Waals surface area contributed by atoms with Gasteiger partial charge in [-0.1, -0.05) is 35.9 Å². The summed E-state index contributed by atoms with van der Waals surface area (Å²) in [6, 6.07) is 16.3. The van der Waals surface area contributed by atoms with Gasteiger partial charge in [0.25, 0.3) is 5.91 Å². The molecule has 0 saturated heterocycles. The number of amides is 1. The third-order valence-corrected chi connectivity index (χ3v) is 5.07. The van der Waals surface area contributed by atoms with Crippen molar-refractivity contribution in [1.82, 2.24) is 0 Å². The molecule has 0 heterocycles. The first kappa shape index (κ1) is 20.2. The topological polar surface area (TPSA) is 42.8 Å². The second kappa shape index (κ2) is 8.63. The zero-order valence-electron chi connectivity index (χ0n) is 16.7. The molecule has 0 bridgehead atoms. The van der Waals surface area contributed by atoms with E-state index in [0.717, 1.165) is 39.1 Å². The van der Waals surface area contributed by atoms with Crippen molar-refractivity contribution >= 4 is 34.0 Å². The minimum atomic E-state index is -0.0446. The number of benzene rings is 3. The third kappa shape index (κ3) is 4.83. The van der Waals surface area contributed by atoms with E-state index in [-0.39, 0.29) is 5.91 Å². The van der Waals surface area contributed by atoms with E-state index in [4.69, 9.17) is 16.3 Å². The Morgan fingerprint density at radius 1 is 1.07 bits per heavy atom. The van der Waals surface area contributed by atoms with Crippen molar-refractivity contribution in [2.45, 2.75) is 20.4 Å². The molecular formula is C23H26ClN2O2+. The molecule has 0 aromatic heterocycles. The number of nitrogens with one attached hydrogen (secondary N) is 2. The second-order valence-electron chi connectivity index (χ2n) is 7.34. The van der Waals surface area contributed by atoms with Crippen molar-refractivity contribution in [3.8, 4) is 5.75 Å². The molecule has 2 N–H and O–H groups in total. The Hall–Kier alpha value is -2.56. The van der Waals surface area contributed by atoms with E-state index in [9.17, 15) is 4.79 Å². The van der Waals surface area contributed by atoms with Gasteiger partial charge in [-0.05, 0) is 60.0 Å². The summed E-state index contributed by atoms with van der Waals surface area (Å²) >= 11 is 6.29. The summed E-state index contributed by atoms with van der Waals surface area (Å²) in [7, 11) is 3.69. The first-order chi connectivity index (χ1) is 13.4. The van der Waals surface area contributed by atoms with E-state index < -0.39 is 0 Å². The maximum Gasteiger partial charge on any atom is 0.279 e. The molecule has 28 heavy (non-hydrogen) atoms. The van der Waals surface area contributed by atoms with Crippen LogP contribution in [0.15, 0.2) is 48.5 Å². The normalized spacial score (nSPS) is 12.0. The molecule has 3 rings (SSSR count). The van der Waals surface area contributed by atoms with Gasteiger partial charge < -0.3 is 15.0 Å². The van der Waals surface area contributed by atoms with Crippen LogP contribution < -0.4 is 15.0 Å². The number of carbonyl (C=O) groups excluding carboxylic acids is 1. The number of aryl methyl sites for hydroxylation is 2. The lowest BCUT2D eigenvalue weighted by Gasteiger charge is -2.16. The summed E-state index contributed by atoms with van der Waals surface area (Å²) in [4.78, 5) is 13.6. The summed E-state index contributed by atoms with van der Waals surface area (Å²) in [6.45, 7) is 5.07. The fourth-order valence-electron chi connectivity index (χ4n) is 3.45. The Morgan fingerprint density at radius 3 is 2.50 bits per heavy atom. The molecule has 3 aromatic carbocycles. The molecule has 0 fully saturated rings. The van der Waals surface area contributed by atoms with Gasteiger partial charge in [0, 0.05) is 5.56 Å². The molecule has 1 atom stereocenters. The van der Waals surface area contributed by atoms with E-state index >= 15 is 0 Å². The number of carbonyl (C=O) groups is 1. The lowest BCUT2D eigenvalue weighted by atomic mass is 10.1. The summed E-state index contributed by atoms with van der Waals surface area (Å²) in [5.74, 6) is 0.807. The van der Waals surface area contributed by atoms with Crippen molar-refractivity contribution in [1.29, 1.82) is 0 Å². The van der Waals surface area contributed by atoms with Crippen molar-refractivity contribution in [3.05, 3.63) is 70.2 Å². The molecule has 146 valence electrons. The van der Waals surface area contributed by atoms with Crippen molar-refractivity contribution in [2.75, 3.05) is 26.0 Å². The zero-order valence-corrected chi connectivity index (χ0v) is 17.5. The number of hydrogen-bond donors (Lipinski definition) is 2. The Kier molecular flexibility index (Phi) is 6.22. The summed E-state index contributed by atoms with van der Waals surface area (Å²) in [5.41, 5.74) is 3.94. The minimum Gasteiger partial charge on any atom is -0.497 e. The van der Waals surface area contributed by atoms with Crippen LogP contribution in [0.2, 0.25) is 5.02 Å². The van der Waals surface area contributed by atoms with E-state index in [1.165, 1.54) is 5.56 Å². The molecule has 4 nitrogen and oxygen atoms in total. The lowest BCUT2D eigenvalue weighted by molar-refractivity contribution is -0.885. The van der Waals surface area contributed by atoms with Crippen LogP contribution in [0, 0.1) is 13.8 Å². The second-order valence-corrected chi connectivity index (χ2v) is 7.75. The van der Waals surface area contributed by atoms with Gasteiger partial charge in [0.1, 0.15) is 12.3 Å². The first-order valence-electron chi connectivity index (χ1n) is 9.30. The van der Waals surface area contributed by atoms with E-state index in [0.29, 0.717) is 17.3 Å². The Morgan fingerprint density at radius 2 is 1.79 bits per heavy atom. The molecule has 0 radical (unpaired) electrons. The number of rotatable bonds is 6. The third-order valence-electron chi connectivity index (χ3n) is 4.78. The average molecular weight is 398 g/mol. The van der Waals surface area contributed by atoms with Crippen molar-refractivity contribution < 1.29 is 14.4 Å². The molecule has 5 heteroatoms. The molecular weight excluding hydrogens is 372 g/mol. The average Bonchev–Trinajstić information content (AvgIpc) is 2.64. The Bertz CT molecular complexity index is 994. The van der Waals surface area contributed by atoms with E-state index in [1.54, 1.807) is 7.11 Å².